The Balaban J connectivity index is 0.000000144. The third-order valence-electron chi connectivity index (χ3n) is 6.12. The van der Waals surface area contributed by atoms with Crippen molar-refractivity contribution in [3.8, 4) is 16.9 Å². The standard InChI is InChI=1S/C18H16.C6H6N2O3.C4H8N2/c1-3-7-15-13(5-1)9-11-18-16-8-4-2-6-14(16)10-12-17(15)18;1-3-7-2-4(9)5(8-3)6(10)11;1-2-5-4-6-3-1/h1-5,7,10,12H,6,8-9,11H2;2,9H,1H3,(H,10,11);1-2,5-6H,3-4H2. The minimum atomic E-state index is -1.26. The number of carboxylic acids is 1. The zero-order valence-corrected chi connectivity index (χ0v) is 19.8. The van der Waals surface area contributed by atoms with Crippen LogP contribution in [0.2, 0.25) is 0 Å². The molecule has 1 aromatic heterocycles. The van der Waals surface area contributed by atoms with Crippen LogP contribution in [0.25, 0.3) is 11.1 Å². The number of nitrogens with one attached hydrogen (secondary N) is 2. The molecule has 4 N–H and O–H groups in total. The van der Waals surface area contributed by atoms with Gasteiger partial charge >= 0.3 is 5.97 Å². The molecule has 7 heteroatoms. The lowest BCUT2D eigenvalue weighted by molar-refractivity contribution is 0.0686. The second kappa shape index (κ2) is 11.4. The first-order valence-corrected chi connectivity index (χ1v) is 11.8. The number of rotatable bonds is 1. The Morgan fingerprint density at radius 1 is 0.943 bits per heavy atom. The van der Waals surface area contributed by atoms with E-state index in [1.807, 2.05) is 12.3 Å². The van der Waals surface area contributed by atoms with Crippen molar-refractivity contribution in [3.05, 3.63) is 101 Å². The first-order chi connectivity index (χ1) is 17.0. The molecule has 6 rings (SSSR count). The summed E-state index contributed by atoms with van der Waals surface area (Å²) in [6, 6.07) is 13.5. The fraction of sp³-hybridized carbons (Fsp3) is 0.250. The second-order valence-corrected chi connectivity index (χ2v) is 8.46. The third kappa shape index (κ3) is 5.94. The lowest BCUT2D eigenvalue weighted by Gasteiger charge is -2.25. The van der Waals surface area contributed by atoms with Gasteiger partial charge in [-0.3, -0.25) is 5.32 Å². The van der Waals surface area contributed by atoms with Crippen LogP contribution in [0.1, 0.15) is 38.6 Å². The van der Waals surface area contributed by atoms with Crippen molar-refractivity contribution in [1.82, 2.24) is 20.6 Å². The van der Waals surface area contributed by atoms with Crippen LogP contribution >= 0.6 is 0 Å². The molecule has 2 aliphatic carbocycles. The summed E-state index contributed by atoms with van der Waals surface area (Å²) in [4.78, 5) is 17.4. The minimum absolute atomic E-state index is 0.320. The van der Waals surface area contributed by atoms with E-state index in [9.17, 15) is 4.79 Å². The smallest absolute Gasteiger partial charge is 0.358 e. The van der Waals surface area contributed by atoms with Crippen molar-refractivity contribution in [2.45, 2.75) is 32.6 Å². The van der Waals surface area contributed by atoms with Crippen molar-refractivity contribution in [2.24, 2.45) is 0 Å². The molecule has 1 aliphatic heterocycles. The van der Waals surface area contributed by atoms with Gasteiger partial charge in [-0.2, -0.15) is 0 Å². The summed E-state index contributed by atoms with van der Waals surface area (Å²) in [5.41, 5.74) is 8.83. The Hall–Kier alpha value is -3.97. The normalized spacial score (nSPS) is 14.5. The van der Waals surface area contributed by atoms with Gasteiger partial charge in [-0.1, -0.05) is 54.6 Å². The molecule has 0 saturated heterocycles. The number of fused-ring (bicyclic) bond motifs is 5. The predicted octanol–water partition coefficient (Wildman–Crippen LogP) is 3.95. The second-order valence-electron chi connectivity index (χ2n) is 8.46. The average Bonchev–Trinajstić information content (AvgIpc) is 2.91. The molecule has 0 unspecified atom stereocenters. The van der Waals surface area contributed by atoms with Crippen LogP contribution in [0.3, 0.4) is 0 Å². The summed E-state index contributed by atoms with van der Waals surface area (Å²) >= 11 is 0. The highest BCUT2D eigenvalue weighted by Crippen LogP contribution is 2.37. The lowest BCUT2D eigenvalue weighted by Crippen LogP contribution is -2.29. The van der Waals surface area contributed by atoms with Gasteiger partial charge in [0.1, 0.15) is 5.82 Å². The van der Waals surface area contributed by atoms with Gasteiger partial charge in [0.25, 0.3) is 0 Å². The van der Waals surface area contributed by atoms with Crippen LogP contribution in [0.4, 0.5) is 0 Å². The maximum Gasteiger partial charge on any atom is 0.358 e. The van der Waals surface area contributed by atoms with E-state index in [-0.39, 0.29) is 5.69 Å². The van der Waals surface area contributed by atoms with Crippen LogP contribution in [0.5, 0.6) is 5.75 Å². The van der Waals surface area contributed by atoms with E-state index >= 15 is 0 Å². The Kier molecular flexibility index (Phi) is 7.90. The number of benzene rings is 2. The van der Waals surface area contributed by atoms with Gasteiger partial charge in [0.2, 0.25) is 0 Å². The van der Waals surface area contributed by atoms with E-state index in [4.69, 9.17) is 10.2 Å². The largest absolute Gasteiger partial charge is 0.504 e. The van der Waals surface area contributed by atoms with E-state index < -0.39 is 11.7 Å². The summed E-state index contributed by atoms with van der Waals surface area (Å²) in [5, 5.41) is 23.4. The molecule has 2 heterocycles. The number of nitrogens with zero attached hydrogens (tertiary/aromatic N) is 2. The summed E-state index contributed by atoms with van der Waals surface area (Å²) < 4.78 is 0. The summed E-state index contributed by atoms with van der Waals surface area (Å²) in [5.74, 6) is -1.35. The molecule has 0 radical (unpaired) electrons. The molecule has 0 saturated carbocycles. The van der Waals surface area contributed by atoms with Crippen LogP contribution in [-0.4, -0.2) is 39.4 Å². The van der Waals surface area contributed by atoms with E-state index in [0.717, 1.165) is 32.3 Å². The van der Waals surface area contributed by atoms with Gasteiger partial charge in [-0.25, -0.2) is 14.8 Å². The number of aryl methyl sites for hydroxylation is 2. The Morgan fingerprint density at radius 3 is 2.46 bits per heavy atom. The van der Waals surface area contributed by atoms with Crippen LogP contribution < -0.4 is 10.6 Å². The molecule has 0 spiro atoms. The van der Waals surface area contributed by atoms with Crippen molar-refractivity contribution in [3.63, 3.8) is 0 Å². The number of aromatic carboxylic acids is 1. The number of carboxylic acid groups (broad SMARTS) is 1. The number of carbonyl (C=O) groups is 1. The number of hydrogen-bond donors (Lipinski definition) is 4. The van der Waals surface area contributed by atoms with Crippen LogP contribution in [-0.2, 0) is 25.7 Å². The Labute approximate surface area is 205 Å². The molecule has 3 aromatic rings. The molecule has 0 amide bonds. The van der Waals surface area contributed by atoms with Gasteiger partial charge in [0.05, 0.1) is 12.9 Å². The average molecular weight is 471 g/mol. The summed E-state index contributed by atoms with van der Waals surface area (Å²) in [6.45, 7) is 3.47. The van der Waals surface area contributed by atoms with Gasteiger partial charge in [0, 0.05) is 6.54 Å². The molecule has 2 aromatic carbocycles. The molecule has 0 atom stereocenters. The van der Waals surface area contributed by atoms with Crippen molar-refractivity contribution >= 4 is 5.97 Å². The summed E-state index contributed by atoms with van der Waals surface area (Å²) in [6.07, 6.45) is 14.3. The lowest BCUT2D eigenvalue weighted by atomic mass is 9.79. The van der Waals surface area contributed by atoms with Gasteiger partial charge in [0.15, 0.2) is 11.4 Å². The van der Waals surface area contributed by atoms with E-state index in [2.05, 4.69) is 69.2 Å². The van der Waals surface area contributed by atoms with Gasteiger partial charge < -0.3 is 15.5 Å². The molecular weight excluding hydrogens is 440 g/mol. The Morgan fingerprint density at radius 2 is 1.77 bits per heavy atom. The predicted molar refractivity (Wildman–Crippen MR) is 136 cm³/mol. The molecule has 0 bridgehead atoms. The quantitative estimate of drug-likeness (QED) is 0.399. The maximum atomic E-state index is 10.3. The van der Waals surface area contributed by atoms with Crippen LogP contribution in [0, 0.1) is 6.92 Å². The van der Waals surface area contributed by atoms with E-state index in [1.165, 1.54) is 35.1 Å². The topological polar surface area (TPSA) is 107 Å². The molecule has 0 fully saturated rings. The fourth-order valence-electron chi connectivity index (χ4n) is 4.45. The maximum absolute atomic E-state index is 10.3. The fourth-order valence-corrected chi connectivity index (χ4v) is 4.45. The molecule has 180 valence electrons. The summed E-state index contributed by atoms with van der Waals surface area (Å²) in [7, 11) is 0. The number of hydrogen-bond acceptors (Lipinski definition) is 6. The van der Waals surface area contributed by atoms with Gasteiger partial charge in [-0.05, 0) is 72.2 Å². The minimum Gasteiger partial charge on any atom is -0.504 e. The van der Waals surface area contributed by atoms with Crippen LogP contribution in [0.15, 0.2) is 67.0 Å². The van der Waals surface area contributed by atoms with Crippen molar-refractivity contribution in [1.29, 1.82) is 0 Å². The highest BCUT2D eigenvalue weighted by atomic mass is 16.4. The molecule has 35 heavy (non-hydrogen) atoms. The number of allylic oxidation sites excluding steroid dienone is 2. The van der Waals surface area contributed by atoms with Crippen molar-refractivity contribution < 1.29 is 15.0 Å². The van der Waals surface area contributed by atoms with E-state index in [1.54, 1.807) is 18.1 Å². The monoisotopic (exact) mass is 470 g/mol. The zero-order valence-electron chi connectivity index (χ0n) is 19.8. The Bertz CT molecular complexity index is 1260. The van der Waals surface area contributed by atoms with Gasteiger partial charge in [-0.15, -0.1) is 0 Å². The van der Waals surface area contributed by atoms with Crippen molar-refractivity contribution in [2.75, 3.05) is 13.2 Å². The SMILES string of the molecule is C1=CCc2c(ccc3c2CCc2ccccc2-3)C1.C1=CNCNC1.Cc1ncc(O)c(C(=O)O)n1. The first-order valence-electron chi connectivity index (χ1n) is 11.8. The zero-order chi connectivity index (χ0) is 24.6. The van der Waals surface area contributed by atoms with E-state index in [0.29, 0.717) is 5.82 Å². The third-order valence-corrected chi connectivity index (χ3v) is 6.12. The molecular formula is C28H30N4O3. The first kappa shape index (κ1) is 24.2. The molecule has 3 aliphatic rings. The number of aromatic nitrogens is 2. The highest BCUT2D eigenvalue weighted by Gasteiger charge is 2.20. The highest BCUT2D eigenvalue weighted by molar-refractivity contribution is 5.88. The molecule has 7 nitrogen and oxygen atoms in total. The number of aromatic hydroxyl groups is 1.